The molecule has 6 heteroatoms. The van der Waals surface area contributed by atoms with Crippen LogP contribution in [0.2, 0.25) is 0 Å². The highest BCUT2D eigenvalue weighted by atomic mass is 16.5. The molecule has 1 amide bonds. The number of aryl methyl sites for hydroxylation is 2. The van der Waals surface area contributed by atoms with Gasteiger partial charge in [-0.05, 0) is 74.6 Å². The van der Waals surface area contributed by atoms with Crippen LogP contribution >= 0.6 is 0 Å². The average Bonchev–Trinajstić information content (AvgIpc) is 3.26. The van der Waals surface area contributed by atoms with Crippen molar-refractivity contribution >= 4 is 11.9 Å². The molecule has 30 heavy (non-hydrogen) atoms. The Kier molecular flexibility index (Phi) is 7.46. The van der Waals surface area contributed by atoms with E-state index >= 15 is 0 Å². The Hall–Kier alpha value is -2.86. The van der Waals surface area contributed by atoms with Gasteiger partial charge in [-0.1, -0.05) is 18.2 Å². The molecule has 2 aromatic carbocycles. The Morgan fingerprint density at radius 2 is 1.90 bits per heavy atom. The Morgan fingerprint density at radius 3 is 2.57 bits per heavy atom. The van der Waals surface area contributed by atoms with E-state index in [4.69, 9.17) is 14.2 Å². The monoisotopic (exact) mass is 411 g/mol. The van der Waals surface area contributed by atoms with Crippen LogP contribution in [0.3, 0.4) is 0 Å². The van der Waals surface area contributed by atoms with Crippen molar-refractivity contribution in [1.82, 2.24) is 5.32 Å². The van der Waals surface area contributed by atoms with Crippen molar-refractivity contribution < 1.29 is 23.8 Å². The lowest BCUT2D eigenvalue weighted by molar-refractivity contribution is -0.124. The number of esters is 1. The summed E-state index contributed by atoms with van der Waals surface area (Å²) in [5.74, 6) is -0.220. The maximum absolute atomic E-state index is 12.2. The SMILES string of the molecule is Cc1ccc([C@H](C)NC(=O)COC(=O)c2ccc(OC[C@H]3CCCO3)cc2)cc1C. The second-order valence-corrected chi connectivity index (χ2v) is 7.68. The van der Waals surface area contributed by atoms with Crippen LogP contribution in [0.25, 0.3) is 0 Å². The van der Waals surface area contributed by atoms with Crippen LogP contribution in [0.1, 0.15) is 52.9 Å². The number of hydrogen-bond acceptors (Lipinski definition) is 5. The van der Waals surface area contributed by atoms with E-state index in [1.165, 1.54) is 11.1 Å². The molecule has 2 aromatic rings. The molecule has 1 aliphatic rings. The van der Waals surface area contributed by atoms with Gasteiger partial charge in [-0.3, -0.25) is 4.79 Å². The molecule has 0 saturated carbocycles. The minimum Gasteiger partial charge on any atom is -0.491 e. The summed E-state index contributed by atoms with van der Waals surface area (Å²) in [4.78, 5) is 24.4. The second kappa shape index (κ2) is 10.3. The lowest BCUT2D eigenvalue weighted by atomic mass is 10.0. The highest BCUT2D eigenvalue weighted by Gasteiger charge is 2.17. The van der Waals surface area contributed by atoms with Gasteiger partial charge in [0.1, 0.15) is 12.4 Å². The number of rotatable bonds is 8. The van der Waals surface area contributed by atoms with E-state index in [9.17, 15) is 9.59 Å². The number of carbonyl (C=O) groups excluding carboxylic acids is 2. The van der Waals surface area contributed by atoms with Gasteiger partial charge in [-0.2, -0.15) is 0 Å². The van der Waals surface area contributed by atoms with Gasteiger partial charge in [-0.25, -0.2) is 4.79 Å². The summed E-state index contributed by atoms with van der Waals surface area (Å²) in [5.41, 5.74) is 3.75. The van der Waals surface area contributed by atoms with Crippen molar-refractivity contribution in [2.24, 2.45) is 0 Å². The first-order valence-corrected chi connectivity index (χ1v) is 10.3. The van der Waals surface area contributed by atoms with Gasteiger partial charge >= 0.3 is 5.97 Å². The van der Waals surface area contributed by atoms with E-state index < -0.39 is 5.97 Å². The van der Waals surface area contributed by atoms with Gasteiger partial charge in [0.05, 0.1) is 17.7 Å². The standard InChI is InChI=1S/C24H29NO5/c1-16-6-7-20(13-17(16)2)18(3)25-23(26)15-30-24(27)19-8-10-21(11-9-19)29-14-22-5-4-12-28-22/h6-11,13,18,22H,4-5,12,14-15H2,1-3H3,(H,25,26)/t18-,22+/m0/s1. The van der Waals surface area contributed by atoms with Crippen LogP contribution in [-0.2, 0) is 14.3 Å². The Morgan fingerprint density at radius 1 is 1.13 bits per heavy atom. The van der Waals surface area contributed by atoms with E-state index in [1.54, 1.807) is 24.3 Å². The first kappa shape index (κ1) is 21.8. The molecule has 0 radical (unpaired) electrons. The molecule has 1 aliphatic heterocycles. The molecule has 0 aliphatic carbocycles. The van der Waals surface area contributed by atoms with Crippen molar-refractivity contribution in [1.29, 1.82) is 0 Å². The lowest BCUT2D eigenvalue weighted by Gasteiger charge is -2.16. The highest BCUT2D eigenvalue weighted by Crippen LogP contribution is 2.18. The maximum atomic E-state index is 12.2. The number of hydrogen-bond donors (Lipinski definition) is 1. The molecule has 6 nitrogen and oxygen atoms in total. The Bertz CT molecular complexity index is 872. The highest BCUT2D eigenvalue weighted by molar-refractivity contribution is 5.91. The van der Waals surface area contributed by atoms with E-state index in [-0.39, 0.29) is 24.7 Å². The van der Waals surface area contributed by atoms with Gasteiger partial charge in [0, 0.05) is 6.61 Å². The third-order valence-corrected chi connectivity index (χ3v) is 5.29. The van der Waals surface area contributed by atoms with E-state index in [2.05, 4.69) is 11.4 Å². The molecule has 3 rings (SSSR count). The predicted octanol–water partition coefficient (Wildman–Crippen LogP) is 3.90. The molecule has 0 aromatic heterocycles. The average molecular weight is 411 g/mol. The van der Waals surface area contributed by atoms with E-state index in [0.29, 0.717) is 17.9 Å². The smallest absolute Gasteiger partial charge is 0.338 e. The Labute approximate surface area is 177 Å². The van der Waals surface area contributed by atoms with Crippen LogP contribution in [-0.4, -0.2) is 37.8 Å². The molecule has 0 spiro atoms. The fourth-order valence-corrected chi connectivity index (χ4v) is 3.27. The largest absolute Gasteiger partial charge is 0.491 e. The zero-order valence-electron chi connectivity index (χ0n) is 17.8. The first-order valence-electron chi connectivity index (χ1n) is 10.3. The summed E-state index contributed by atoms with van der Waals surface area (Å²) in [6.07, 6.45) is 2.21. The number of nitrogens with one attached hydrogen (secondary N) is 1. The van der Waals surface area contributed by atoms with Gasteiger partial charge in [0.2, 0.25) is 0 Å². The summed E-state index contributed by atoms with van der Waals surface area (Å²) in [6.45, 7) is 6.95. The molecule has 1 heterocycles. The van der Waals surface area contributed by atoms with E-state index in [0.717, 1.165) is 25.0 Å². The fourth-order valence-electron chi connectivity index (χ4n) is 3.27. The number of benzene rings is 2. The van der Waals surface area contributed by atoms with Crippen LogP contribution in [0, 0.1) is 13.8 Å². The van der Waals surface area contributed by atoms with Gasteiger partial charge in [-0.15, -0.1) is 0 Å². The normalized spacial score (nSPS) is 16.7. The zero-order chi connectivity index (χ0) is 21.5. The minimum atomic E-state index is -0.547. The van der Waals surface area contributed by atoms with Gasteiger partial charge < -0.3 is 19.5 Å². The van der Waals surface area contributed by atoms with E-state index in [1.807, 2.05) is 32.9 Å². The van der Waals surface area contributed by atoms with Crippen molar-refractivity contribution in [3.8, 4) is 5.75 Å². The minimum absolute atomic E-state index is 0.138. The summed E-state index contributed by atoms with van der Waals surface area (Å²) < 4.78 is 16.3. The maximum Gasteiger partial charge on any atom is 0.338 e. The fraction of sp³-hybridized carbons (Fsp3) is 0.417. The molecule has 2 atom stereocenters. The van der Waals surface area contributed by atoms with Crippen molar-refractivity contribution in [3.63, 3.8) is 0 Å². The first-order chi connectivity index (χ1) is 14.4. The molecule has 0 unspecified atom stereocenters. The van der Waals surface area contributed by atoms with Gasteiger partial charge in [0.25, 0.3) is 5.91 Å². The molecule has 160 valence electrons. The summed E-state index contributed by atoms with van der Waals surface area (Å²) in [7, 11) is 0. The molecule has 1 N–H and O–H groups in total. The third-order valence-electron chi connectivity index (χ3n) is 5.29. The summed E-state index contributed by atoms with van der Waals surface area (Å²) >= 11 is 0. The zero-order valence-corrected chi connectivity index (χ0v) is 17.8. The Balaban J connectivity index is 1.43. The summed E-state index contributed by atoms with van der Waals surface area (Å²) in [6, 6.07) is 12.6. The molecule has 1 fully saturated rings. The van der Waals surface area contributed by atoms with Crippen LogP contribution < -0.4 is 10.1 Å². The van der Waals surface area contributed by atoms with Gasteiger partial charge in [0.15, 0.2) is 6.61 Å². The molecular weight excluding hydrogens is 382 g/mol. The predicted molar refractivity (Wildman–Crippen MR) is 114 cm³/mol. The van der Waals surface area contributed by atoms with Crippen molar-refractivity contribution in [2.45, 2.75) is 45.8 Å². The van der Waals surface area contributed by atoms with Crippen molar-refractivity contribution in [2.75, 3.05) is 19.8 Å². The van der Waals surface area contributed by atoms with Crippen LogP contribution in [0.5, 0.6) is 5.75 Å². The van der Waals surface area contributed by atoms with Crippen molar-refractivity contribution in [3.05, 3.63) is 64.7 Å². The number of carbonyl (C=O) groups is 2. The topological polar surface area (TPSA) is 73.9 Å². The third kappa shape index (κ3) is 6.07. The number of amides is 1. The quantitative estimate of drug-likeness (QED) is 0.667. The molecule has 0 bridgehead atoms. The lowest BCUT2D eigenvalue weighted by Crippen LogP contribution is -2.31. The second-order valence-electron chi connectivity index (χ2n) is 7.68. The van der Waals surface area contributed by atoms with Crippen LogP contribution in [0.15, 0.2) is 42.5 Å². The molecule has 1 saturated heterocycles. The number of ether oxygens (including phenoxy) is 3. The summed E-state index contributed by atoms with van der Waals surface area (Å²) in [5, 5.41) is 2.85. The van der Waals surface area contributed by atoms with Crippen LogP contribution in [0.4, 0.5) is 0 Å². The molecular formula is C24H29NO5.